The van der Waals surface area contributed by atoms with Crippen molar-refractivity contribution in [2.24, 2.45) is 0 Å². The Morgan fingerprint density at radius 2 is 1.46 bits per heavy atom. The van der Waals surface area contributed by atoms with Crippen LogP contribution in [0.15, 0.2) is 0 Å². The highest BCUT2D eigenvalue weighted by Gasteiger charge is 2.21. The second-order valence-corrected chi connectivity index (χ2v) is 4.40. The maximum absolute atomic E-state index is 10.7. The summed E-state index contributed by atoms with van der Waals surface area (Å²) in [6.45, 7) is 2.31. The zero-order valence-electron chi connectivity index (χ0n) is 7.58. The highest BCUT2D eigenvalue weighted by atomic mass is 32.2. The average Bonchev–Trinajstić information content (AvgIpc) is 1.81. The van der Waals surface area contributed by atoms with Gasteiger partial charge in [-0.3, -0.25) is 4.55 Å². The molecule has 0 aromatic heterocycles. The van der Waals surface area contributed by atoms with Crippen LogP contribution in [0.1, 0.15) is 13.8 Å². The van der Waals surface area contributed by atoms with E-state index in [1.807, 2.05) is 0 Å². The molecule has 2 unspecified atom stereocenters. The predicted molar refractivity (Wildman–Crippen MR) is 46.5 cm³/mol. The van der Waals surface area contributed by atoms with Crippen molar-refractivity contribution in [2.75, 3.05) is 13.1 Å². The number of nitrogens with zero attached hydrogens (tertiary/aromatic N) is 1. The van der Waals surface area contributed by atoms with Crippen molar-refractivity contribution in [3.8, 4) is 0 Å². The van der Waals surface area contributed by atoms with Gasteiger partial charge in [0.1, 0.15) is 0 Å². The molecule has 7 heteroatoms. The van der Waals surface area contributed by atoms with Crippen LogP contribution in [0.25, 0.3) is 0 Å². The van der Waals surface area contributed by atoms with Gasteiger partial charge in [-0.25, -0.2) is 0 Å². The highest BCUT2D eigenvalue weighted by molar-refractivity contribution is 7.83. The maximum Gasteiger partial charge on any atom is 0.336 e. The average molecular weight is 213 g/mol. The molecule has 3 N–H and O–H groups in total. The van der Waals surface area contributed by atoms with Gasteiger partial charge in [-0.05, 0) is 13.8 Å². The van der Waals surface area contributed by atoms with Crippen molar-refractivity contribution in [3.05, 3.63) is 0 Å². The Labute approximate surface area is 77.7 Å². The van der Waals surface area contributed by atoms with E-state index in [4.69, 9.17) is 14.8 Å². The Balaban J connectivity index is 4.39. The largest absolute Gasteiger partial charge is 0.392 e. The molecule has 0 spiro atoms. The third-order valence-corrected chi connectivity index (χ3v) is 2.21. The van der Waals surface area contributed by atoms with E-state index in [9.17, 15) is 8.42 Å². The van der Waals surface area contributed by atoms with Gasteiger partial charge in [0.2, 0.25) is 0 Å². The lowest BCUT2D eigenvalue weighted by molar-refractivity contribution is 0.120. The van der Waals surface area contributed by atoms with Crippen molar-refractivity contribution < 1.29 is 23.2 Å². The molecule has 13 heavy (non-hydrogen) atoms. The molecule has 0 heterocycles. The summed E-state index contributed by atoms with van der Waals surface area (Å²) in [6, 6.07) is 0. The first-order valence-corrected chi connectivity index (χ1v) is 5.22. The Morgan fingerprint density at radius 3 is 1.62 bits per heavy atom. The fourth-order valence-corrected chi connectivity index (χ4v) is 1.66. The SMILES string of the molecule is CC(O)CN(CC(C)O)S(=O)(=O)O. The van der Waals surface area contributed by atoms with Crippen molar-refractivity contribution in [3.63, 3.8) is 0 Å². The summed E-state index contributed by atoms with van der Waals surface area (Å²) in [4.78, 5) is 0. The molecule has 0 saturated heterocycles. The summed E-state index contributed by atoms with van der Waals surface area (Å²) < 4.78 is 30.6. The Hall–Kier alpha value is -0.210. The van der Waals surface area contributed by atoms with Crippen molar-refractivity contribution >= 4 is 10.3 Å². The molecule has 0 bridgehead atoms. The summed E-state index contributed by atoms with van der Waals surface area (Å²) in [5.74, 6) is 0. The van der Waals surface area contributed by atoms with Crippen molar-refractivity contribution in [1.29, 1.82) is 0 Å². The molecule has 0 aliphatic carbocycles. The third-order valence-electron chi connectivity index (χ3n) is 1.26. The van der Waals surface area contributed by atoms with Crippen LogP contribution in [0.4, 0.5) is 0 Å². The number of hydrogen-bond acceptors (Lipinski definition) is 4. The van der Waals surface area contributed by atoms with E-state index >= 15 is 0 Å². The highest BCUT2D eigenvalue weighted by Crippen LogP contribution is 2.01. The Kier molecular flexibility index (Phi) is 4.79. The van der Waals surface area contributed by atoms with Gasteiger partial charge in [0.25, 0.3) is 0 Å². The van der Waals surface area contributed by atoms with Gasteiger partial charge in [-0.2, -0.15) is 12.7 Å². The molecule has 0 radical (unpaired) electrons. The lowest BCUT2D eigenvalue weighted by Gasteiger charge is -2.20. The summed E-state index contributed by atoms with van der Waals surface area (Å²) in [7, 11) is -4.34. The zero-order valence-corrected chi connectivity index (χ0v) is 8.40. The van der Waals surface area contributed by atoms with E-state index in [1.165, 1.54) is 13.8 Å². The lowest BCUT2D eigenvalue weighted by Crippen LogP contribution is -2.40. The Bertz CT molecular complexity index is 225. The molecule has 2 atom stereocenters. The summed E-state index contributed by atoms with van der Waals surface area (Å²) >= 11 is 0. The number of aliphatic hydroxyl groups excluding tert-OH is 2. The summed E-state index contributed by atoms with van der Waals surface area (Å²) in [6.07, 6.45) is -1.78. The molecular weight excluding hydrogens is 198 g/mol. The summed E-state index contributed by atoms with van der Waals surface area (Å²) in [5.41, 5.74) is 0. The first-order chi connectivity index (χ1) is 5.73. The van der Waals surface area contributed by atoms with Gasteiger partial charge in [0.05, 0.1) is 12.2 Å². The van der Waals surface area contributed by atoms with Gasteiger partial charge < -0.3 is 10.2 Å². The van der Waals surface area contributed by atoms with E-state index < -0.39 is 22.5 Å². The summed E-state index contributed by atoms with van der Waals surface area (Å²) in [5, 5.41) is 17.8. The van der Waals surface area contributed by atoms with E-state index in [1.54, 1.807) is 0 Å². The monoisotopic (exact) mass is 213 g/mol. The molecule has 0 rings (SSSR count). The van der Waals surface area contributed by atoms with Gasteiger partial charge in [-0.1, -0.05) is 0 Å². The molecule has 0 aliphatic heterocycles. The second kappa shape index (κ2) is 4.87. The molecule has 0 aromatic carbocycles. The molecule has 0 amide bonds. The third kappa shape index (κ3) is 5.94. The van der Waals surface area contributed by atoms with Crippen molar-refractivity contribution in [2.45, 2.75) is 26.1 Å². The van der Waals surface area contributed by atoms with Crippen LogP contribution in [0.3, 0.4) is 0 Å². The fraction of sp³-hybridized carbons (Fsp3) is 1.00. The van der Waals surface area contributed by atoms with Crippen LogP contribution in [0, 0.1) is 0 Å². The lowest BCUT2D eigenvalue weighted by atomic mass is 10.3. The van der Waals surface area contributed by atoms with E-state index in [2.05, 4.69) is 0 Å². The quantitative estimate of drug-likeness (QED) is 0.501. The smallest absolute Gasteiger partial charge is 0.336 e. The maximum atomic E-state index is 10.7. The topological polar surface area (TPSA) is 98.1 Å². The molecule has 0 saturated carbocycles. The number of aliphatic hydroxyl groups is 2. The van der Waals surface area contributed by atoms with Crippen LogP contribution < -0.4 is 0 Å². The van der Waals surface area contributed by atoms with Crippen LogP contribution in [-0.4, -0.2) is 52.8 Å². The molecule has 6 nitrogen and oxygen atoms in total. The minimum atomic E-state index is -4.34. The van der Waals surface area contributed by atoms with Crippen molar-refractivity contribution in [1.82, 2.24) is 4.31 Å². The van der Waals surface area contributed by atoms with E-state index in [0.29, 0.717) is 4.31 Å². The zero-order chi connectivity index (χ0) is 10.6. The second-order valence-electron chi connectivity index (χ2n) is 2.99. The van der Waals surface area contributed by atoms with Gasteiger partial charge in [0, 0.05) is 13.1 Å². The predicted octanol–water partition coefficient (Wildman–Crippen LogP) is -1.15. The minimum Gasteiger partial charge on any atom is -0.392 e. The molecule has 0 aliphatic rings. The molecular formula is C6H15NO5S. The van der Waals surface area contributed by atoms with E-state index in [-0.39, 0.29) is 13.1 Å². The first-order valence-electron chi connectivity index (χ1n) is 3.82. The van der Waals surface area contributed by atoms with Gasteiger partial charge in [-0.15, -0.1) is 0 Å². The van der Waals surface area contributed by atoms with Crippen LogP contribution in [0.2, 0.25) is 0 Å². The standard InChI is InChI=1S/C6H15NO5S/c1-5(8)3-7(4-6(2)9)13(10,11)12/h5-6,8-9H,3-4H2,1-2H3,(H,10,11,12). The van der Waals surface area contributed by atoms with E-state index in [0.717, 1.165) is 0 Å². The Morgan fingerprint density at radius 1 is 1.15 bits per heavy atom. The first kappa shape index (κ1) is 12.8. The minimum absolute atomic E-state index is 0.232. The van der Waals surface area contributed by atoms with Gasteiger partial charge in [0.15, 0.2) is 0 Å². The van der Waals surface area contributed by atoms with Crippen LogP contribution in [0.5, 0.6) is 0 Å². The van der Waals surface area contributed by atoms with Gasteiger partial charge >= 0.3 is 10.3 Å². The molecule has 0 fully saturated rings. The number of hydrogen-bond donors (Lipinski definition) is 3. The molecule has 80 valence electrons. The number of rotatable bonds is 5. The van der Waals surface area contributed by atoms with Crippen LogP contribution in [-0.2, 0) is 10.3 Å². The molecule has 0 aromatic rings. The fourth-order valence-electron chi connectivity index (χ4n) is 0.852. The normalized spacial score (nSPS) is 17.4. The van der Waals surface area contributed by atoms with Crippen LogP contribution >= 0.6 is 0 Å².